The molecular weight excluding hydrogens is 252 g/mol. The van der Waals surface area contributed by atoms with Crippen molar-refractivity contribution in [1.82, 2.24) is 10.9 Å². The molecule has 0 aliphatic heterocycles. The number of thiocarbonyl (C=S) groups is 2. The number of rotatable bonds is 1. The van der Waals surface area contributed by atoms with Gasteiger partial charge in [-0.3, -0.25) is 10.9 Å². The minimum atomic E-state index is 0.121. The molecule has 0 aliphatic carbocycles. The van der Waals surface area contributed by atoms with Gasteiger partial charge in [0.15, 0.2) is 10.2 Å². The van der Waals surface area contributed by atoms with Crippen molar-refractivity contribution >= 4 is 51.9 Å². The van der Waals surface area contributed by atoms with Crippen LogP contribution in [-0.4, -0.2) is 10.2 Å². The van der Waals surface area contributed by atoms with Crippen LogP contribution in [0.4, 0.5) is 5.69 Å². The van der Waals surface area contributed by atoms with Gasteiger partial charge in [-0.25, -0.2) is 0 Å². The fraction of sp³-hybridized carbons (Fsp3) is 0. The molecule has 0 saturated heterocycles. The van der Waals surface area contributed by atoms with Gasteiger partial charge in [0.2, 0.25) is 0 Å². The third kappa shape index (κ3) is 4.78. The first kappa shape index (κ1) is 12.0. The van der Waals surface area contributed by atoms with Crippen LogP contribution < -0.4 is 21.9 Å². The Morgan fingerprint density at radius 3 is 2.27 bits per heavy atom. The molecule has 0 aliphatic rings. The summed E-state index contributed by atoms with van der Waals surface area (Å²) in [4.78, 5) is 0. The van der Waals surface area contributed by atoms with E-state index in [4.69, 9.17) is 29.6 Å². The van der Waals surface area contributed by atoms with Crippen LogP contribution in [0.15, 0.2) is 24.3 Å². The summed E-state index contributed by atoms with van der Waals surface area (Å²) in [6.45, 7) is 0. The van der Waals surface area contributed by atoms with Gasteiger partial charge in [0, 0.05) is 10.7 Å². The number of hydrogen-bond acceptors (Lipinski definition) is 2. The van der Waals surface area contributed by atoms with Crippen LogP contribution in [0.25, 0.3) is 0 Å². The lowest BCUT2D eigenvalue weighted by molar-refractivity contribution is 0.880. The number of anilines is 1. The highest BCUT2D eigenvalue weighted by Gasteiger charge is 1.96. The van der Waals surface area contributed by atoms with Crippen molar-refractivity contribution in [2.45, 2.75) is 0 Å². The Morgan fingerprint density at radius 1 is 1.13 bits per heavy atom. The molecule has 0 heterocycles. The summed E-state index contributed by atoms with van der Waals surface area (Å²) < 4.78 is 0. The van der Waals surface area contributed by atoms with Gasteiger partial charge >= 0.3 is 0 Å². The fourth-order valence-electron chi connectivity index (χ4n) is 0.814. The topological polar surface area (TPSA) is 62.1 Å². The van der Waals surface area contributed by atoms with E-state index in [1.807, 2.05) is 0 Å². The number of nitrogens with one attached hydrogen (secondary N) is 3. The highest BCUT2D eigenvalue weighted by atomic mass is 35.5. The molecule has 1 aromatic rings. The first-order valence-electron chi connectivity index (χ1n) is 3.96. The minimum Gasteiger partial charge on any atom is -0.375 e. The Kier molecular flexibility index (Phi) is 4.54. The number of hydrazine groups is 1. The van der Waals surface area contributed by atoms with E-state index in [0.29, 0.717) is 10.1 Å². The lowest BCUT2D eigenvalue weighted by atomic mass is 10.3. The van der Waals surface area contributed by atoms with Gasteiger partial charge < -0.3 is 11.1 Å². The van der Waals surface area contributed by atoms with E-state index in [-0.39, 0.29) is 5.11 Å². The maximum atomic E-state index is 5.73. The van der Waals surface area contributed by atoms with E-state index >= 15 is 0 Å². The van der Waals surface area contributed by atoms with Gasteiger partial charge in [-0.15, -0.1) is 0 Å². The number of halogens is 1. The van der Waals surface area contributed by atoms with Gasteiger partial charge in [0.1, 0.15) is 0 Å². The highest BCUT2D eigenvalue weighted by Crippen LogP contribution is 2.12. The van der Waals surface area contributed by atoms with Gasteiger partial charge in [-0.2, -0.15) is 0 Å². The molecule has 0 bridgehead atoms. The minimum absolute atomic E-state index is 0.121. The van der Waals surface area contributed by atoms with Crippen LogP contribution in [0.2, 0.25) is 5.02 Å². The number of hydrogen-bond donors (Lipinski definition) is 4. The first-order chi connectivity index (χ1) is 7.08. The second-order valence-electron chi connectivity index (χ2n) is 2.58. The second-order valence-corrected chi connectivity index (χ2v) is 3.86. The fourth-order valence-corrected chi connectivity index (χ4v) is 1.16. The SMILES string of the molecule is NC(=S)NNC(=S)Nc1ccc(Cl)cc1. The highest BCUT2D eigenvalue weighted by molar-refractivity contribution is 7.80. The zero-order valence-corrected chi connectivity index (χ0v) is 9.97. The molecule has 5 N–H and O–H groups in total. The van der Waals surface area contributed by atoms with Crippen LogP contribution in [0.3, 0.4) is 0 Å². The van der Waals surface area contributed by atoms with E-state index < -0.39 is 0 Å². The van der Waals surface area contributed by atoms with Crippen molar-refractivity contribution in [3.05, 3.63) is 29.3 Å². The molecule has 0 amide bonds. The van der Waals surface area contributed by atoms with Gasteiger partial charge in [-0.05, 0) is 48.7 Å². The molecule has 7 heteroatoms. The van der Waals surface area contributed by atoms with Crippen molar-refractivity contribution in [2.24, 2.45) is 5.73 Å². The smallest absolute Gasteiger partial charge is 0.189 e. The average Bonchev–Trinajstić information content (AvgIpc) is 2.19. The Balaban J connectivity index is 2.44. The molecule has 0 spiro atoms. The molecule has 1 aromatic carbocycles. The van der Waals surface area contributed by atoms with E-state index in [0.717, 1.165) is 5.69 Å². The third-order valence-corrected chi connectivity index (χ3v) is 1.96. The van der Waals surface area contributed by atoms with E-state index in [1.165, 1.54) is 0 Å². The molecule has 80 valence electrons. The summed E-state index contributed by atoms with van der Waals surface area (Å²) in [5.41, 5.74) is 11.2. The lowest BCUT2D eigenvalue weighted by Gasteiger charge is -2.10. The van der Waals surface area contributed by atoms with Crippen LogP contribution >= 0.6 is 36.0 Å². The van der Waals surface area contributed by atoms with Crippen LogP contribution in [-0.2, 0) is 0 Å². The largest absolute Gasteiger partial charge is 0.375 e. The van der Waals surface area contributed by atoms with Gasteiger partial charge in [0.05, 0.1) is 0 Å². The van der Waals surface area contributed by atoms with E-state index in [1.54, 1.807) is 24.3 Å². The predicted molar refractivity (Wildman–Crippen MR) is 70.7 cm³/mol. The maximum absolute atomic E-state index is 5.73. The number of benzene rings is 1. The standard InChI is InChI=1S/C8H9ClN4S2/c9-5-1-3-6(4-2-5)11-8(15)13-12-7(10)14/h1-4H,(H3,10,12,14)(H2,11,13,15). The van der Waals surface area contributed by atoms with Crippen LogP contribution in [0, 0.1) is 0 Å². The average molecular weight is 261 g/mol. The summed E-state index contributed by atoms with van der Waals surface area (Å²) in [6, 6.07) is 7.12. The summed E-state index contributed by atoms with van der Waals surface area (Å²) in [7, 11) is 0. The monoisotopic (exact) mass is 260 g/mol. The lowest BCUT2D eigenvalue weighted by Crippen LogP contribution is -2.46. The molecule has 0 saturated carbocycles. The number of nitrogens with two attached hydrogens (primary N) is 1. The Labute approximate surface area is 103 Å². The summed E-state index contributed by atoms with van der Waals surface area (Å²) in [6.07, 6.45) is 0. The third-order valence-electron chi connectivity index (χ3n) is 1.40. The zero-order chi connectivity index (χ0) is 11.3. The van der Waals surface area contributed by atoms with Crippen LogP contribution in [0.5, 0.6) is 0 Å². The predicted octanol–water partition coefficient (Wildman–Crippen LogP) is 1.37. The molecule has 15 heavy (non-hydrogen) atoms. The molecule has 1 rings (SSSR count). The summed E-state index contributed by atoms with van der Waals surface area (Å²) in [5.74, 6) is 0. The molecule has 0 aromatic heterocycles. The summed E-state index contributed by atoms with van der Waals surface area (Å²) >= 11 is 15.3. The first-order valence-corrected chi connectivity index (χ1v) is 5.15. The molecule has 0 atom stereocenters. The quantitative estimate of drug-likeness (QED) is 0.452. The Hall–Kier alpha value is -1.11. The Bertz CT molecular complexity index is 365. The second kappa shape index (κ2) is 5.69. The summed E-state index contributed by atoms with van der Waals surface area (Å²) in [5, 5.41) is 4.06. The van der Waals surface area contributed by atoms with Gasteiger partial charge in [-0.1, -0.05) is 11.6 Å². The zero-order valence-electron chi connectivity index (χ0n) is 7.58. The van der Waals surface area contributed by atoms with Crippen molar-refractivity contribution in [3.63, 3.8) is 0 Å². The van der Waals surface area contributed by atoms with Crippen molar-refractivity contribution in [3.8, 4) is 0 Å². The van der Waals surface area contributed by atoms with Crippen molar-refractivity contribution < 1.29 is 0 Å². The van der Waals surface area contributed by atoms with Gasteiger partial charge in [0.25, 0.3) is 0 Å². The van der Waals surface area contributed by atoms with E-state index in [2.05, 4.69) is 28.4 Å². The molecular formula is C8H9ClN4S2. The Morgan fingerprint density at radius 2 is 1.73 bits per heavy atom. The van der Waals surface area contributed by atoms with Crippen molar-refractivity contribution in [1.29, 1.82) is 0 Å². The van der Waals surface area contributed by atoms with Crippen LogP contribution in [0.1, 0.15) is 0 Å². The molecule has 0 fully saturated rings. The normalized spacial score (nSPS) is 9.13. The van der Waals surface area contributed by atoms with Crippen molar-refractivity contribution in [2.75, 3.05) is 5.32 Å². The van der Waals surface area contributed by atoms with E-state index in [9.17, 15) is 0 Å². The maximum Gasteiger partial charge on any atom is 0.189 e. The molecule has 0 radical (unpaired) electrons. The molecule has 0 unspecified atom stereocenters. The molecule has 4 nitrogen and oxygen atoms in total.